The summed E-state index contributed by atoms with van der Waals surface area (Å²) in [5.74, 6) is -1.72. The van der Waals surface area contributed by atoms with E-state index in [2.05, 4.69) is 0 Å². The fraction of sp³-hybridized carbons (Fsp3) is 0.273. The number of benzene rings is 1. The lowest BCUT2D eigenvalue weighted by atomic mass is 9.96. The average molecular weight is 205 g/mol. The van der Waals surface area contributed by atoms with Crippen LogP contribution in [-0.4, -0.2) is 16.2 Å². The Balaban J connectivity index is 3.30. The lowest BCUT2D eigenvalue weighted by Crippen LogP contribution is -2.07. The van der Waals surface area contributed by atoms with Gasteiger partial charge in [-0.3, -0.25) is 4.79 Å². The predicted octanol–water partition coefficient (Wildman–Crippen LogP) is 1.76. The van der Waals surface area contributed by atoms with Crippen molar-refractivity contribution >= 4 is 5.97 Å². The molecule has 0 aliphatic carbocycles. The summed E-state index contributed by atoms with van der Waals surface area (Å²) in [6.07, 6.45) is 0. The summed E-state index contributed by atoms with van der Waals surface area (Å²) >= 11 is 0. The van der Waals surface area contributed by atoms with Gasteiger partial charge in [0.15, 0.2) is 0 Å². The first-order valence-corrected chi connectivity index (χ1v) is 4.43. The van der Waals surface area contributed by atoms with Crippen molar-refractivity contribution in [1.82, 2.24) is 0 Å². The quantitative estimate of drug-likeness (QED) is 0.770. The van der Waals surface area contributed by atoms with Gasteiger partial charge in [-0.1, -0.05) is 6.07 Å². The van der Waals surface area contributed by atoms with Gasteiger partial charge in [0.1, 0.15) is 11.8 Å². The van der Waals surface area contributed by atoms with E-state index < -0.39 is 11.9 Å². The summed E-state index contributed by atoms with van der Waals surface area (Å²) in [5.41, 5.74) is 1.14. The number of aliphatic carboxylic acids is 1. The molecule has 1 aromatic rings. The molecule has 0 bridgehead atoms. The smallest absolute Gasteiger partial charge is 0.310 e. The minimum absolute atomic E-state index is 0.0844. The van der Waals surface area contributed by atoms with E-state index in [1.54, 1.807) is 13.0 Å². The van der Waals surface area contributed by atoms with Gasteiger partial charge in [0.25, 0.3) is 0 Å². The first-order chi connectivity index (χ1) is 6.97. The van der Waals surface area contributed by atoms with Crippen LogP contribution in [0.5, 0.6) is 5.75 Å². The number of carboxylic acid groups (broad SMARTS) is 1. The monoisotopic (exact) mass is 205 g/mol. The molecule has 0 aromatic heterocycles. The molecule has 1 rings (SSSR count). The summed E-state index contributed by atoms with van der Waals surface area (Å²) in [4.78, 5) is 10.8. The molecule has 1 unspecified atom stereocenters. The van der Waals surface area contributed by atoms with E-state index >= 15 is 0 Å². The van der Waals surface area contributed by atoms with E-state index in [1.807, 2.05) is 6.07 Å². The van der Waals surface area contributed by atoms with E-state index in [4.69, 9.17) is 10.4 Å². The van der Waals surface area contributed by atoms with Gasteiger partial charge < -0.3 is 10.2 Å². The van der Waals surface area contributed by atoms with E-state index in [0.29, 0.717) is 11.1 Å². The van der Waals surface area contributed by atoms with Crippen LogP contribution in [0, 0.1) is 18.3 Å². The molecule has 0 amide bonds. The third-order valence-electron chi connectivity index (χ3n) is 2.31. The van der Waals surface area contributed by atoms with E-state index in [-0.39, 0.29) is 11.3 Å². The highest BCUT2D eigenvalue weighted by Crippen LogP contribution is 2.27. The number of phenolic OH excluding ortho intramolecular Hbond substituents is 1. The fourth-order valence-corrected chi connectivity index (χ4v) is 1.29. The molecular weight excluding hydrogens is 194 g/mol. The third-order valence-corrected chi connectivity index (χ3v) is 2.31. The summed E-state index contributed by atoms with van der Waals surface area (Å²) in [5, 5.41) is 27.0. The maximum Gasteiger partial charge on any atom is 0.310 e. The maximum atomic E-state index is 10.8. The number of hydrogen-bond donors (Lipinski definition) is 2. The van der Waals surface area contributed by atoms with Crippen molar-refractivity contribution < 1.29 is 15.0 Å². The molecule has 78 valence electrons. The summed E-state index contributed by atoms with van der Waals surface area (Å²) < 4.78 is 0. The molecule has 0 saturated heterocycles. The Bertz CT molecular complexity index is 446. The van der Waals surface area contributed by atoms with Gasteiger partial charge >= 0.3 is 5.97 Å². The highest BCUT2D eigenvalue weighted by atomic mass is 16.4. The highest BCUT2D eigenvalue weighted by molar-refractivity contribution is 5.76. The highest BCUT2D eigenvalue weighted by Gasteiger charge is 2.16. The number of nitrogens with zero attached hydrogens (tertiary/aromatic N) is 1. The molecule has 1 atom stereocenters. The maximum absolute atomic E-state index is 10.8. The Morgan fingerprint density at radius 3 is 2.60 bits per heavy atom. The molecule has 1 aromatic carbocycles. The van der Waals surface area contributed by atoms with Crippen molar-refractivity contribution in [2.45, 2.75) is 19.8 Å². The van der Waals surface area contributed by atoms with Crippen LogP contribution in [0.15, 0.2) is 12.1 Å². The Hall–Kier alpha value is -2.02. The minimum Gasteiger partial charge on any atom is -0.506 e. The van der Waals surface area contributed by atoms with Crippen LogP contribution >= 0.6 is 0 Å². The molecule has 0 heterocycles. The number of aromatic hydroxyl groups is 1. The van der Waals surface area contributed by atoms with Crippen LogP contribution in [0.3, 0.4) is 0 Å². The SMILES string of the molecule is Cc1cc(C(C)C(=O)O)cc(C#N)c1O. The van der Waals surface area contributed by atoms with Crippen molar-refractivity contribution in [3.05, 3.63) is 28.8 Å². The molecule has 2 N–H and O–H groups in total. The molecule has 0 fully saturated rings. The fourth-order valence-electron chi connectivity index (χ4n) is 1.29. The average Bonchev–Trinajstić information content (AvgIpc) is 2.20. The number of phenols is 1. The summed E-state index contributed by atoms with van der Waals surface area (Å²) in [6.45, 7) is 3.17. The summed E-state index contributed by atoms with van der Waals surface area (Å²) in [7, 11) is 0. The number of carboxylic acids is 1. The number of aryl methyl sites for hydroxylation is 1. The standard InChI is InChI=1S/C11H11NO3/c1-6-3-8(7(2)11(14)15)4-9(5-12)10(6)13/h3-4,7,13H,1-2H3,(H,14,15). The van der Waals surface area contributed by atoms with Crippen molar-refractivity contribution in [2.75, 3.05) is 0 Å². The Morgan fingerprint density at radius 2 is 2.13 bits per heavy atom. The van der Waals surface area contributed by atoms with Crippen LogP contribution in [-0.2, 0) is 4.79 Å². The number of hydrogen-bond acceptors (Lipinski definition) is 3. The molecule has 4 heteroatoms. The summed E-state index contributed by atoms with van der Waals surface area (Å²) in [6, 6.07) is 4.81. The topological polar surface area (TPSA) is 81.3 Å². The van der Waals surface area contributed by atoms with Crippen LogP contribution in [0.25, 0.3) is 0 Å². The number of nitriles is 1. The van der Waals surface area contributed by atoms with Crippen LogP contribution in [0.1, 0.15) is 29.5 Å². The molecule has 0 aliphatic rings. The lowest BCUT2D eigenvalue weighted by molar-refractivity contribution is -0.138. The third kappa shape index (κ3) is 2.08. The van der Waals surface area contributed by atoms with Gasteiger partial charge in [-0.15, -0.1) is 0 Å². The predicted molar refractivity (Wildman–Crippen MR) is 53.6 cm³/mol. The Labute approximate surface area is 87.4 Å². The van der Waals surface area contributed by atoms with Gasteiger partial charge in [-0.25, -0.2) is 0 Å². The molecule has 0 aliphatic heterocycles. The largest absolute Gasteiger partial charge is 0.506 e. The molecule has 0 radical (unpaired) electrons. The Morgan fingerprint density at radius 1 is 1.53 bits per heavy atom. The first-order valence-electron chi connectivity index (χ1n) is 4.43. The van der Waals surface area contributed by atoms with Gasteiger partial charge in [0.05, 0.1) is 11.5 Å². The zero-order chi connectivity index (χ0) is 11.6. The molecule has 4 nitrogen and oxygen atoms in total. The van der Waals surface area contributed by atoms with Gasteiger partial charge in [0, 0.05) is 0 Å². The zero-order valence-electron chi connectivity index (χ0n) is 8.48. The molecule has 15 heavy (non-hydrogen) atoms. The number of carbonyl (C=O) groups is 1. The Kier molecular flexibility index (Phi) is 2.96. The van der Waals surface area contributed by atoms with E-state index in [9.17, 15) is 9.90 Å². The second-order valence-electron chi connectivity index (χ2n) is 3.41. The van der Waals surface area contributed by atoms with Gasteiger partial charge in [0.2, 0.25) is 0 Å². The van der Waals surface area contributed by atoms with Crippen LogP contribution < -0.4 is 0 Å². The zero-order valence-corrected chi connectivity index (χ0v) is 8.48. The van der Waals surface area contributed by atoms with E-state index in [1.165, 1.54) is 13.0 Å². The first kappa shape index (κ1) is 11.1. The second-order valence-corrected chi connectivity index (χ2v) is 3.41. The molecular formula is C11H11NO3. The lowest BCUT2D eigenvalue weighted by Gasteiger charge is -2.09. The normalized spacial score (nSPS) is 11.8. The van der Waals surface area contributed by atoms with Crippen LogP contribution in [0.2, 0.25) is 0 Å². The van der Waals surface area contributed by atoms with Crippen molar-refractivity contribution in [3.8, 4) is 11.8 Å². The van der Waals surface area contributed by atoms with Crippen molar-refractivity contribution in [3.63, 3.8) is 0 Å². The number of rotatable bonds is 2. The van der Waals surface area contributed by atoms with Crippen molar-refractivity contribution in [1.29, 1.82) is 5.26 Å². The molecule has 0 saturated carbocycles. The molecule has 0 spiro atoms. The van der Waals surface area contributed by atoms with Gasteiger partial charge in [-0.05, 0) is 31.0 Å². The van der Waals surface area contributed by atoms with E-state index in [0.717, 1.165) is 0 Å². The second kappa shape index (κ2) is 4.01. The minimum atomic E-state index is -0.955. The van der Waals surface area contributed by atoms with Gasteiger partial charge in [-0.2, -0.15) is 5.26 Å². The van der Waals surface area contributed by atoms with Crippen molar-refractivity contribution in [2.24, 2.45) is 0 Å². The van der Waals surface area contributed by atoms with Crippen LogP contribution in [0.4, 0.5) is 0 Å².